The van der Waals surface area contributed by atoms with Crippen molar-refractivity contribution in [1.82, 2.24) is 20.9 Å². The van der Waals surface area contributed by atoms with E-state index in [0.29, 0.717) is 26.2 Å². The zero-order valence-corrected chi connectivity index (χ0v) is 20.1. The molecule has 0 aliphatic carbocycles. The Bertz CT molecular complexity index is 713. The molecule has 0 heterocycles. The second-order valence-corrected chi connectivity index (χ2v) is 8.08. The number of likely N-dealkylation sites (N-methyl/N-ethyl adjacent to an activating group) is 2. The van der Waals surface area contributed by atoms with Crippen molar-refractivity contribution >= 4 is 18.1 Å². The van der Waals surface area contributed by atoms with Crippen LogP contribution in [0.25, 0.3) is 0 Å². The summed E-state index contributed by atoms with van der Waals surface area (Å²) in [7, 11) is 3.40. The maximum Gasteiger partial charge on any atom is 0.240 e. The summed E-state index contributed by atoms with van der Waals surface area (Å²) >= 11 is 0. The van der Waals surface area contributed by atoms with Gasteiger partial charge in [-0.05, 0) is 44.4 Å². The van der Waals surface area contributed by atoms with Crippen LogP contribution < -0.4 is 20.7 Å². The first-order valence-corrected chi connectivity index (χ1v) is 11.4. The van der Waals surface area contributed by atoms with Crippen molar-refractivity contribution < 1.29 is 19.1 Å². The zero-order chi connectivity index (χ0) is 23.9. The third-order valence-corrected chi connectivity index (χ3v) is 5.61. The van der Waals surface area contributed by atoms with Crippen LogP contribution in [0.5, 0.6) is 5.75 Å². The van der Waals surface area contributed by atoms with Crippen molar-refractivity contribution in [3.63, 3.8) is 0 Å². The number of hydrogen-bond acceptors (Lipinski definition) is 6. The minimum Gasteiger partial charge on any atom is -0.492 e. The first-order chi connectivity index (χ1) is 15.3. The molecule has 3 atom stereocenters. The van der Waals surface area contributed by atoms with Gasteiger partial charge in [0.25, 0.3) is 0 Å². The van der Waals surface area contributed by atoms with Gasteiger partial charge in [0.2, 0.25) is 11.8 Å². The number of amides is 2. The van der Waals surface area contributed by atoms with E-state index in [-0.39, 0.29) is 23.8 Å². The Morgan fingerprint density at radius 2 is 1.91 bits per heavy atom. The van der Waals surface area contributed by atoms with Gasteiger partial charge >= 0.3 is 0 Å². The van der Waals surface area contributed by atoms with Gasteiger partial charge in [0.1, 0.15) is 18.6 Å². The number of nitrogens with zero attached hydrogens (tertiary/aromatic N) is 1. The monoisotopic (exact) mass is 448 g/mol. The summed E-state index contributed by atoms with van der Waals surface area (Å²) in [5.41, 5.74) is 1.09. The lowest BCUT2D eigenvalue weighted by atomic mass is 9.97. The van der Waals surface area contributed by atoms with E-state index in [1.165, 1.54) is 4.90 Å². The van der Waals surface area contributed by atoms with Gasteiger partial charge in [0, 0.05) is 20.1 Å². The summed E-state index contributed by atoms with van der Waals surface area (Å²) in [5.74, 6) is 0.851. The van der Waals surface area contributed by atoms with Crippen LogP contribution in [0.1, 0.15) is 39.2 Å². The number of nitrogens with one attached hydrogen (secondary N) is 3. The molecule has 1 rings (SSSR count). The molecule has 32 heavy (non-hydrogen) atoms. The lowest BCUT2D eigenvalue weighted by Crippen LogP contribution is -2.52. The second-order valence-electron chi connectivity index (χ2n) is 8.08. The third-order valence-electron chi connectivity index (χ3n) is 5.61. The number of carbonyl (C=O) groups is 3. The highest BCUT2D eigenvalue weighted by Crippen LogP contribution is 2.19. The minimum atomic E-state index is -0.456. The molecule has 0 fully saturated rings. The average molecular weight is 449 g/mol. The van der Waals surface area contributed by atoms with E-state index < -0.39 is 6.04 Å². The molecule has 2 amide bonds. The van der Waals surface area contributed by atoms with Crippen LogP contribution >= 0.6 is 0 Å². The molecule has 0 radical (unpaired) electrons. The Morgan fingerprint density at radius 1 is 1.19 bits per heavy atom. The van der Waals surface area contributed by atoms with Gasteiger partial charge in [-0.3, -0.25) is 9.59 Å². The second kappa shape index (κ2) is 15.4. The molecule has 180 valence electrons. The summed E-state index contributed by atoms with van der Waals surface area (Å²) in [5, 5.41) is 9.01. The first-order valence-electron chi connectivity index (χ1n) is 11.4. The largest absolute Gasteiger partial charge is 0.492 e. The summed E-state index contributed by atoms with van der Waals surface area (Å²) in [4.78, 5) is 36.9. The Labute approximate surface area is 192 Å². The van der Waals surface area contributed by atoms with E-state index in [2.05, 4.69) is 16.0 Å². The molecular weight excluding hydrogens is 408 g/mol. The predicted molar refractivity (Wildman–Crippen MR) is 127 cm³/mol. The van der Waals surface area contributed by atoms with Crippen LogP contribution in [0.2, 0.25) is 0 Å². The molecule has 0 aliphatic heterocycles. The van der Waals surface area contributed by atoms with Crippen LogP contribution in [0.4, 0.5) is 0 Å². The van der Waals surface area contributed by atoms with Gasteiger partial charge < -0.3 is 30.4 Å². The minimum absolute atomic E-state index is 0.0123. The van der Waals surface area contributed by atoms with E-state index in [1.807, 2.05) is 38.1 Å². The molecule has 0 spiro atoms. The highest BCUT2D eigenvalue weighted by Gasteiger charge is 2.28. The number of aryl methyl sites for hydroxylation is 1. The van der Waals surface area contributed by atoms with Crippen LogP contribution in [-0.2, 0) is 20.8 Å². The first kappa shape index (κ1) is 27.6. The van der Waals surface area contributed by atoms with Crippen LogP contribution in [-0.4, -0.2) is 75.4 Å². The fourth-order valence-electron chi connectivity index (χ4n) is 3.24. The Balaban J connectivity index is 2.56. The van der Waals surface area contributed by atoms with Gasteiger partial charge in [-0.1, -0.05) is 38.5 Å². The number of aldehydes is 1. The van der Waals surface area contributed by atoms with E-state index in [0.717, 1.165) is 36.9 Å². The summed E-state index contributed by atoms with van der Waals surface area (Å²) < 4.78 is 5.99. The van der Waals surface area contributed by atoms with Crippen molar-refractivity contribution in [3.8, 4) is 5.75 Å². The number of carbonyl (C=O) groups excluding carboxylic acids is 3. The number of hydrogen-bond donors (Lipinski definition) is 3. The fourth-order valence-corrected chi connectivity index (χ4v) is 3.24. The molecule has 0 saturated heterocycles. The van der Waals surface area contributed by atoms with Crippen LogP contribution in [0, 0.1) is 5.92 Å². The maximum absolute atomic E-state index is 12.8. The third kappa shape index (κ3) is 9.36. The predicted octanol–water partition coefficient (Wildman–Crippen LogP) is 1.38. The molecule has 2 unspecified atom stereocenters. The Kier molecular flexibility index (Phi) is 13.2. The number of rotatable bonds is 16. The molecule has 0 saturated carbocycles. The molecule has 0 bridgehead atoms. The van der Waals surface area contributed by atoms with E-state index in [9.17, 15) is 14.4 Å². The highest BCUT2D eigenvalue weighted by atomic mass is 16.5. The van der Waals surface area contributed by atoms with Gasteiger partial charge in [0.05, 0.1) is 18.6 Å². The molecular formula is C24H40N4O4. The van der Waals surface area contributed by atoms with Gasteiger partial charge in [0.15, 0.2) is 0 Å². The van der Waals surface area contributed by atoms with Gasteiger partial charge in [-0.15, -0.1) is 0 Å². The molecule has 8 nitrogen and oxygen atoms in total. The van der Waals surface area contributed by atoms with Crippen LogP contribution in [0.15, 0.2) is 24.3 Å². The van der Waals surface area contributed by atoms with Gasteiger partial charge in [-0.25, -0.2) is 0 Å². The lowest BCUT2D eigenvalue weighted by Gasteiger charge is -2.30. The normalized spacial score (nSPS) is 13.7. The maximum atomic E-state index is 12.8. The summed E-state index contributed by atoms with van der Waals surface area (Å²) in [6.07, 6.45) is 3.24. The quantitative estimate of drug-likeness (QED) is 0.261. The average Bonchev–Trinajstić information content (AvgIpc) is 2.80. The van der Waals surface area contributed by atoms with E-state index >= 15 is 0 Å². The number of ether oxygens (including phenoxy) is 1. The molecule has 1 aromatic carbocycles. The smallest absolute Gasteiger partial charge is 0.240 e. The molecule has 1 aromatic rings. The molecule has 0 aromatic heterocycles. The van der Waals surface area contributed by atoms with E-state index in [1.54, 1.807) is 21.0 Å². The van der Waals surface area contributed by atoms with Crippen molar-refractivity contribution in [2.24, 2.45) is 5.92 Å². The van der Waals surface area contributed by atoms with Crippen molar-refractivity contribution in [1.29, 1.82) is 0 Å². The molecule has 8 heteroatoms. The number of benzene rings is 1. The summed E-state index contributed by atoms with van der Waals surface area (Å²) in [6.45, 7) is 7.65. The van der Waals surface area contributed by atoms with E-state index in [4.69, 9.17) is 4.74 Å². The molecule has 0 aliphatic rings. The standard InChI is InChI=1S/C24H40N4O4/c1-6-18(2)23(24(31)28(5)19(3)17-29)27-14-15-32-21-12-8-7-10-20(21)11-9-13-26-22(30)16-25-4/h7-8,10,12,17-19,23,25,27H,6,9,11,13-16H2,1-5H3,(H,26,30)/t18?,19-,23?/m0/s1. The van der Waals surface area contributed by atoms with Crippen molar-refractivity contribution in [2.75, 3.05) is 40.3 Å². The topological polar surface area (TPSA) is 99.8 Å². The molecule has 3 N–H and O–H groups in total. The van der Waals surface area contributed by atoms with Crippen LogP contribution in [0.3, 0.4) is 0 Å². The Hall–Kier alpha value is -2.45. The summed E-state index contributed by atoms with van der Waals surface area (Å²) in [6, 6.07) is 7.05. The fraction of sp³-hybridized carbons (Fsp3) is 0.625. The van der Waals surface area contributed by atoms with Crippen molar-refractivity contribution in [3.05, 3.63) is 29.8 Å². The zero-order valence-electron chi connectivity index (χ0n) is 20.1. The van der Waals surface area contributed by atoms with Gasteiger partial charge in [-0.2, -0.15) is 0 Å². The SMILES string of the molecule is CCC(C)C(NCCOc1ccccc1CCCNC(=O)CNC)C(=O)N(C)[C@@H](C)C=O. The highest BCUT2D eigenvalue weighted by molar-refractivity contribution is 5.84. The number of para-hydroxylation sites is 1. The lowest BCUT2D eigenvalue weighted by molar-refractivity contribution is -0.137. The van der Waals surface area contributed by atoms with Crippen molar-refractivity contribution in [2.45, 2.75) is 52.1 Å². The Morgan fingerprint density at radius 3 is 2.56 bits per heavy atom.